The highest BCUT2D eigenvalue weighted by molar-refractivity contribution is 5.43. The van der Waals surface area contributed by atoms with Gasteiger partial charge >= 0.3 is 0 Å². The molecule has 4 heteroatoms. The van der Waals surface area contributed by atoms with Crippen molar-refractivity contribution in [1.29, 1.82) is 0 Å². The van der Waals surface area contributed by atoms with E-state index in [0.717, 1.165) is 56.8 Å². The summed E-state index contributed by atoms with van der Waals surface area (Å²) < 4.78 is 11.1. The fourth-order valence-electron chi connectivity index (χ4n) is 3.37. The summed E-state index contributed by atoms with van der Waals surface area (Å²) >= 11 is 0. The van der Waals surface area contributed by atoms with Gasteiger partial charge in [-0.25, -0.2) is 0 Å². The topological polar surface area (TPSA) is 50.7 Å². The fourth-order valence-corrected chi connectivity index (χ4v) is 3.37. The Morgan fingerprint density at radius 3 is 2.81 bits per heavy atom. The highest BCUT2D eigenvalue weighted by Crippen LogP contribution is 2.35. The molecule has 1 aliphatic heterocycles. The first-order valence-electron chi connectivity index (χ1n) is 7.98. The van der Waals surface area contributed by atoms with Crippen molar-refractivity contribution >= 4 is 0 Å². The Kier molecular flexibility index (Phi) is 4.66. The van der Waals surface area contributed by atoms with Gasteiger partial charge in [-0.2, -0.15) is 0 Å². The monoisotopic (exact) mass is 291 g/mol. The summed E-state index contributed by atoms with van der Waals surface area (Å²) in [7, 11) is 1.70. The summed E-state index contributed by atoms with van der Waals surface area (Å²) in [6.07, 6.45) is 5.07. The van der Waals surface area contributed by atoms with E-state index in [9.17, 15) is 5.11 Å². The molecule has 3 rings (SSSR count). The molecule has 1 aromatic rings. The van der Waals surface area contributed by atoms with Gasteiger partial charge in [0.05, 0.1) is 19.8 Å². The standard InChI is InChI=1S/C17H25NO3/c1-20-14-6-7-17-15(10-14)16(8-9-21-17)18-11-12-2-4-13(19)5-3-12/h6-7,10,12-13,16,18-19H,2-5,8-9,11H2,1H3. The number of aliphatic hydroxyl groups excluding tert-OH is 1. The number of fused-ring (bicyclic) bond motifs is 1. The second-order valence-corrected chi connectivity index (χ2v) is 6.18. The molecule has 1 aromatic carbocycles. The number of methoxy groups -OCH3 is 1. The van der Waals surface area contributed by atoms with Crippen LogP contribution in [0.3, 0.4) is 0 Å². The van der Waals surface area contributed by atoms with Crippen LogP contribution in [0.25, 0.3) is 0 Å². The first-order valence-corrected chi connectivity index (χ1v) is 7.98. The smallest absolute Gasteiger partial charge is 0.124 e. The lowest BCUT2D eigenvalue weighted by Gasteiger charge is -2.31. The zero-order valence-corrected chi connectivity index (χ0v) is 12.7. The molecule has 1 aliphatic carbocycles. The molecule has 1 fully saturated rings. The number of rotatable bonds is 4. The maximum absolute atomic E-state index is 9.58. The second kappa shape index (κ2) is 6.67. The van der Waals surface area contributed by atoms with E-state index in [4.69, 9.17) is 9.47 Å². The van der Waals surface area contributed by atoms with Gasteiger partial charge in [0.2, 0.25) is 0 Å². The summed E-state index contributed by atoms with van der Waals surface area (Å²) in [5.41, 5.74) is 1.21. The van der Waals surface area contributed by atoms with E-state index >= 15 is 0 Å². The first-order chi connectivity index (χ1) is 10.3. The molecule has 0 spiro atoms. The van der Waals surface area contributed by atoms with Gasteiger partial charge in [0.15, 0.2) is 0 Å². The van der Waals surface area contributed by atoms with Crippen LogP contribution < -0.4 is 14.8 Å². The Balaban J connectivity index is 1.62. The molecular weight excluding hydrogens is 266 g/mol. The van der Waals surface area contributed by atoms with Crippen LogP contribution in [-0.4, -0.2) is 31.5 Å². The number of hydrogen-bond donors (Lipinski definition) is 2. The van der Waals surface area contributed by atoms with Crippen molar-refractivity contribution in [2.24, 2.45) is 5.92 Å². The molecule has 116 valence electrons. The number of nitrogens with one attached hydrogen (secondary N) is 1. The Hall–Kier alpha value is -1.26. The van der Waals surface area contributed by atoms with E-state index in [-0.39, 0.29) is 6.10 Å². The van der Waals surface area contributed by atoms with Crippen LogP contribution in [-0.2, 0) is 0 Å². The number of aliphatic hydroxyl groups is 1. The molecule has 1 saturated carbocycles. The third-order valence-corrected chi connectivity index (χ3v) is 4.73. The van der Waals surface area contributed by atoms with E-state index < -0.39 is 0 Å². The largest absolute Gasteiger partial charge is 0.497 e. The van der Waals surface area contributed by atoms with Crippen molar-refractivity contribution in [1.82, 2.24) is 5.32 Å². The minimum atomic E-state index is -0.0747. The Morgan fingerprint density at radius 2 is 2.05 bits per heavy atom. The van der Waals surface area contributed by atoms with E-state index in [2.05, 4.69) is 11.4 Å². The molecule has 4 nitrogen and oxygen atoms in total. The van der Waals surface area contributed by atoms with Crippen LogP contribution in [0.15, 0.2) is 18.2 Å². The van der Waals surface area contributed by atoms with Gasteiger partial charge in [-0.05, 0) is 56.3 Å². The van der Waals surface area contributed by atoms with Crippen molar-refractivity contribution in [3.05, 3.63) is 23.8 Å². The summed E-state index contributed by atoms with van der Waals surface area (Å²) in [5, 5.41) is 13.3. The normalized spacial score (nSPS) is 28.6. The minimum Gasteiger partial charge on any atom is -0.497 e. The van der Waals surface area contributed by atoms with Gasteiger partial charge in [-0.15, -0.1) is 0 Å². The predicted octanol–water partition coefficient (Wildman–Crippen LogP) is 2.66. The lowest BCUT2D eigenvalue weighted by atomic mass is 9.87. The van der Waals surface area contributed by atoms with Crippen molar-refractivity contribution in [2.45, 2.75) is 44.2 Å². The second-order valence-electron chi connectivity index (χ2n) is 6.18. The number of benzene rings is 1. The average molecular weight is 291 g/mol. The molecule has 0 amide bonds. The minimum absolute atomic E-state index is 0.0747. The van der Waals surface area contributed by atoms with Crippen LogP contribution in [0.1, 0.15) is 43.7 Å². The van der Waals surface area contributed by atoms with Crippen molar-refractivity contribution in [3.63, 3.8) is 0 Å². The molecule has 2 aliphatic rings. The Bertz CT molecular complexity index is 469. The van der Waals surface area contributed by atoms with Crippen LogP contribution in [0.5, 0.6) is 11.5 Å². The molecule has 1 unspecified atom stereocenters. The van der Waals surface area contributed by atoms with Gasteiger partial charge in [-0.1, -0.05) is 0 Å². The first kappa shape index (κ1) is 14.7. The van der Waals surface area contributed by atoms with E-state index in [1.807, 2.05) is 12.1 Å². The van der Waals surface area contributed by atoms with Crippen LogP contribution in [0.4, 0.5) is 0 Å². The molecule has 0 aromatic heterocycles. The third kappa shape index (κ3) is 3.50. The summed E-state index contributed by atoms with van der Waals surface area (Å²) in [6.45, 7) is 1.79. The van der Waals surface area contributed by atoms with E-state index in [1.165, 1.54) is 5.56 Å². The Morgan fingerprint density at radius 1 is 1.24 bits per heavy atom. The molecule has 2 N–H and O–H groups in total. The summed E-state index contributed by atoms with van der Waals surface area (Å²) in [6, 6.07) is 6.37. The van der Waals surface area contributed by atoms with Gasteiger partial charge in [0, 0.05) is 18.0 Å². The molecular formula is C17H25NO3. The van der Waals surface area contributed by atoms with Gasteiger partial charge < -0.3 is 19.9 Å². The van der Waals surface area contributed by atoms with Crippen LogP contribution in [0.2, 0.25) is 0 Å². The van der Waals surface area contributed by atoms with Gasteiger partial charge in [0.25, 0.3) is 0 Å². The maximum atomic E-state index is 9.58. The van der Waals surface area contributed by atoms with Crippen LogP contribution >= 0.6 is 0 Å². The lowest BCUT2D eigenvalue weighted by Crippen LogP contribution is -2.33. The number of ether oxygens (including phenoxy) is 2. The zero-order valence-electron chi connectivity index (χ0n) is 12.7. The summed E-state index contributed by atoms with van der Waals surface area (Å²) in [5.74, 6) is 2.54. The van der Waals surface area contributed by atoms with E-state index in [0.29, 0.717) is 12.0 Å². The SMILES string of the molecule is COc1ccc2c(c1)C(NCC1CCC(O)CC1)CCO2. The van der Waals surface area contributed by atoms with E-state index in [1.54, 1.807) is 7.11 Å². The number of hydrogen-bond acceptors (Lipinski definition) is 4. The molecule has 1 atom stereocenters. The van der Waals surface area contributed by atoms with Crippen LogP contribution in [0, 0.1) is 5.92 Å². The average Bonchev–Trinajstić information content (AvgIpc) is 2.54. The lowest BCUT2D eigenvalue weighted by molar-refractivity contribution is 0.107. The maximum Gasteiger partial charge on any atom is 0.124 e. The van der Waals surface area contributed by atoms with Gasteiger partial charge in [0.1, 0.15) is 11.5 Å². The molecule has 21 heavy (non-hydrogen) atoms. The summed E-state index contributed by atoms with van der Waals surface area (Å²) in [4.78, 5) is 0. The molecule has 0 radical (unpaired) electrons. The van der Waals surface area contributed by atoms with Crippen molar-refractivity contribution in [2.75, 3.05) is 20.3 Å². The van der Waals surface area contributed by atoms with Gasteiger partial charge in [-0.3, -0.25) is 0 Å². The molecule has 0 saturated heterocycles. The quantitative estimate of drug-likeness (QED) is 0.895. The van der Waals surface area contributed by atoms with Crippen molar-refractivity contribution < 1.29 is 14.6 Å². The molecule has 0 bridgehead atoms. The third-order valence-electron chi connectivity index (χ3n) is 4.73. The Labute approximate surface area is 126 Å². The molecule has 1 heterocycles. The van der Waals surface area contributed by atoms with Crippen molar-refractivity contribution in [3.8, 4) is 11.5 Å². The fraction of sp³-hybridized carbons (Fsp3) is 0.647. The predicted molar refractivity (Wildman–Crippen MR) is 81.8 cm³/mol. The highest BCUT2D eigenvalue weighted by Gasteiger charge is 2.24. The highest BCUT2D eigenvalue weighted by atomic mass is 16.5. The zero-order chi connectivity index (χ0) is 14.7.